The molecule has 1 rings (SSSR count). The zero-order chi connectivity index (χ0) is 14.4. The van der Waals surface area contributed by atoms with Crippen LogP contribution in [0.2, 0.25) is 0 Å². The first-order valence-electron chi connectivity index (χ1n) is 6.39. The molecule has 0 unspecified atom stereocenters. The van der Waals surface area contributed by atoms with Crippen molar-refractivity contribution in [2.24, 2.45) is 5.73 Å². The molecule has 0 aliphatic heterocycles. The number of nitrogens with two attached hydrogens (primary N) is 2. The molecule has 1 aromatic carbocycles. The van der Waals surface area contributed by atoms with Gasteiger partial charge in [-0.2, -0.15) is 0 Å². The fraction of sp³-hybridized carbons (Fsp3) is 0.429. The van der Waals surface area contributed by atoms with Gasteiger partial charge in [-0.05, 0) is 31.0 Å². The highest BCUT2D eigenvalue weighted by Gasteiger charge is 2.17. The molecule has 0 radical (unpaired) electrons. The molecule has 0 aromatic heterocycles. The third kappa shape index (κ3) is 4.28. The molecule has 2 amide bonds. The molecule has 0 fully saturated rings. The van der Waals surface area contributed by atoms with Gasteiger partial charge in [-0.1, -0.05) is 19.4 Å². The number of primary amides is 1. The van der Waals surface area contributed by atoms with Crippen LogP contribution in [-0.2, 0) is 4.79 Å². The highest BCUT2D eigenvalue weighted by atomic mass is 16.2. The Hall–Kier alpha value is -2.04. The molecule has 104 valence electrons. The topological polar surface area (TPSA) is 89.4 Å². The van der Waals surface area contributed by atoms with Gasteiger partial charge in [-0.15, -0.1) is 0 Å². The molecule has 0 spiro atoms. The molecule has 0 heterocycles. The van der Waals surface area contributed by atoms with E-state index < -0.39 is 5.91 Å². The van der Waals surface area contributed by atoms with E-state index in [2.05, 4.69) is 0 Å². The van der Waals surface area contributed by atoms with E-state index in [9.17, 15) is 9.59 Å². The van der Waals surface area contributed by atoms with Gasteiger partial charge in [-0.3, -0.25) is 9.59 Å². The molecule has 0 bridgehead atoms. The maximum atomic E-state index is 12.3. The van der Waals surface area contributed by atoms with Gasteiger partial charge < -0.3 is 16.4 Å². The van der Waals surface area contributed by atoms with Gasteiger partial charge in [0.25, 0.3) is 5.91 Å². The number of anilines is 1. The number of amides is 2. The van der Waals surface area contributed by atoms with Crippen LogP contribution in [0.5, 0.6) is 0 Å². The Balaban J connectivity index is 2.90. The van der Waals surface area contributed by atoms with Gasteiger partial charge in [0.15, 0.2) is 0 Å². The van der Waals surface area contributed by atoms with Crippen molar-refractivity contribution in [2.75, 3.05) is 18.8 Å². The summed E-state index contributed by atoms with van der Waals surface area (Å²) in [7, 11) is 0. The van der Waals surface area contributed by atoms with Crippen molar-refractivity contribution in [1.29, 1.82) is 0 Å². The number of carbonyl (C=O) groups excluding carboxylic acids is 2. The highest BCUT2D eigenvalue weighted by Crippen LogP contribution is 2.15. The number of hydrogen-bond acceptors (Lipinski definition) is 3. The maximum absolute atomic E-state index is 12.3. The lowest BCUT2D eigenvalue weighted by Crippen LogP contribution is -2.39. The third-order valence-corrected chi connectivity index (χ3v) is 2.94. The van der Waals surface area contributed by atoms with Gasteiger partial charge in [0.05, 0.1) is 6.54 Å². The normalized spacial score (nSPS) is 10.2. The first-order chi connectivity index (χ1) is 8.95. The molecule has 0 saturated heterocycles. The largest absolute Gasteiger partial charge is 0.398 e. The van der Waals surface area contributed by atoms with Crippen LogP contribution in [-0.4, -0.2) is 29.8 Å². The smallest absolute Gasteiger partial charge is 0.254 e. The minimum atomic E-state index is -0.510. The number of nitrogen functional groups attached to an aromatic ring is 1. The summed E-state index contributed by atoms with van der Waals surface area (Å²) in [6.07, 6.45) is 1.78. The lowest BCUT2D eigenvalue weighted by atomic mass is 10.1. The Morgan fingerprint density at radius 2 is 2.00 bits per heavy atom. The predicted molar refractivity (Wildman–Crippen MR) is 75.6 cm³/mol. The van der Waals surface area contributed by atoms with E-state index in [1.807, 2.05) is 13.8 Å². The van der Waals surface area contributed by atoms with Gasteiger partial charge in [-0.25, -0.2) is 0 Å². The minimum Gasteiger partial charge on any atom is -0.398 e. The second-order valence-corrected chi connectivity index (χ2v) is 4.62. The number of hydrogen-bond donors (Lipinski definition) is 2. The van der Waals surface area contributed by atoms with Crippen molar-refractivity contribution in [2.45, 2.75) is 26.7 Å². The molecular weight excluding hydrogens is 242 g/mol. The lowest BCUT2D eigenvalue weighted by molar-refractivity contribution is -0.118. The van der Waals surface area contributed by atoms with E-state index in [0.29, 0.717) is 17.8 Å². The molecule has 0 aliphatic rings. The molecule has 5 nitrogen and oxygen atoms in total. The van der Waals surface area contributed by atoms with Crippen LogP contribution in [0.3, 0.4) is 0 Å². The van der Waals surface area contributed by atoms with Crippen LogP contribution in [0.1, 0.15) is 35.7 Å². The lowest BCUT2D eigenvalue weighted by Gasteiger charge is -2.21. The number of unbranched alkanes of at least 4 members (excludes halogenated alkanes) is 1. The molecule has 4 N–H and O–H groups in total. The Morgan fingerprint density at radius 1 is 1.32 bits per heavy atom. The van der Waals surface area contributed by atoms with Gasteiger partial charge in [0.2, 0.25) is 5.91 Å². The second kappa shape index (κ2) is 6.78. The van der Waals surface area contributed by atoms with Crippen molar-refractivity contribution in [3.05, 3.63) is 29.3 Å². The van der Waals surface area contributed by atoms with Crippen LogP contribution in [0.25, 0.3) is 0 Å². The van der Waals surface area contributed by atoms with Crippen molar-refractivity contribution in [1.82, 2.24) is 4.90 Å². The summed E-state index contributed by atoms with van der Waals surface area (Å²) in [5.74, 6) is -0.719. The van der Waals surface area contributed by atoms with Gasteiger partial charge in [0.1, 0.15) is 0 Å². The Labute approximate surface area is 113 Å². The molecule has 1 aromatic rings. The average molecular weight is 263 g/mol. The van der Waals surface area contributed by atoms with E-state index >= 15 is 0 Å². The quantitative estimate of drug-likeness (QED) is 0.758. The number of aryl methyl sites for hydroxylation is 1. The molecule has 0 saturated carbocycles. The Bertz CT molecular complexity index is 472. The van der Waals surface area contributed by atoms with E-state index in [1.54, 1.807) is 18.2 Å². The highest BCUT2D eigenvalue weighted by molar-refractivity contribution is 5.97. The fourth-order valence-electron chi connectivity index (χ4n) is 1.75. The SMILES string of the molecule is CCCCN(CC(N)=O)C(=O)c1ccc(C)c(N)c1. The Kier molecular flexibility index (Phi) is 5.36. The molecule has 19 heavy (non-hydrogen) atoms. The summed E-state index contributed by atoms with van der Waals surface area (Å²) in [5, 5.41) is 0. The standard InChI is InChI=1S/C14H21N3O2/c1-3-4-7-17(9-13(16)18)14(19)11-6-5-10(2)12(15)8-11/h5-6,8H,3-4,7,9,15H2,1-2H3,(H2,16,18). The Morgan fingerprint density at radius 3 is 2.53 bits per heavy atom. The number of nitrogens with zero attached hydrogens (tertiary/aromatic N) is 1. The number of carbonyl (C=O) groups is 2. The predicted octanol–water partition coefficient (Wildman–Crippen LogP) is 1.30. The minimum absolute atomic E-state index is 0.0629. The van der Waals surface area contributed by atoms with Crippen molar-refractivity contribution < 1.29 is 9.59 Å². The van der Waals surface area contributed by atoms with E-state index in [-0.39, 0.29) is 12.5 Å². The van der Waals surface area contributed by atoms with Gasteiger partial charge >= 0.3 is 0 Å². The summed E-state index contributed by atoms with van der Waals surface area (Å²) in [6.45, 7) is 4.36. The van der Waals surface area contributed by atoms with E-state index in [1.165, 1.54) is 4.90 Å². The first-order valence-corrected chi connectivity index (χ1v) is 6.39. The summed E-state index contributed by atoms with van der Waals surface area (Å²) >= 11 is 0. The average Bonchev–Trinajstić information content (AvgIpc) is 2.36. The van der Waals surface area contributed by atoms with Crippen LogP contribution in [0, 0.1) is 6.92 Å². The van der Waals surface area contributed by atoms with Crippen LogP contribution < -0.4 is 11.5 Å². The molecular formula is C14H21N3O2. The molecule has 0 atom stereocenters. The summed E-state index contributed by atoms with van der Waals surface area (Å²) in [6, 6.07) is 5.15. The van der Waals surface area contributed by atoms with E-state index in [0.717, 1.165) is 18.4 Å². The second-order valence-electron chi connectivity index (χ2n) is 4.62. The summed E-state index contributed by atoms with van der Waals surface area (Å²) < 4.78 is 0. The zero-order valence-electron chi connectivity index (χ0n) is 11.5. The maximum Gasteiger partial charge on any atom is 0.254 e. The number of benzene rings is 1. The van der Waals surface area contributed by atoms with Crippen LogP contribution >= 0.6 is 0 Å². The van der Waals surface area contributed by atoms with Crippen LogP contribution in [0.4, 0.5) is 5.69 Å². The fourth-order valence-corrected chi connectivity index (χ4v) is 1.75. The zero-order valence-corrected chi connectivity index (χ0v) is 11.5. The molecule has 0 aliphatic carbocycles. The van der Waals surface area contributed by atoms with E-state index in [4.69, 9.17) is 11.5 Å². The monoisotopic (exact) mass is 263 g/mol. The first kappa shape index (κ1) is 15.0. The van der Waals surface area contributed by atoms with Gasteiger partial charge in [0, 0.05) is 17.8 Å². The van der Waals surface area contributed by atoms with Crippen molar-refractivity contribution in [3.63, 3.8) is 0 Å². The summed E-state index contributed by atoms with van der Waals surface area (Å²) in [4.78, 5) is 24.8. The van der Waals surface area contributed by atoms with Crippen molar-refractivity contribution >= 4 is 17.5 Å². The number of rotatable bonds is 6. The van der Waals surface area contributed by atoms with Crippen molar-refractivity contribution in [3.8, 4) is 0 Å². The third-order valence-electron chi connectivity index (χ3n) is 2.94. The van der Waals surface area contributed by atoms with Crippen LogP contribution in [0.15, 0.2) is 18.2 Å². The summed E-state index contributed by atoms with van der Waals surface area (Å²) in [5.41, 5.74) is 13.0. The molecule has 5 heteroatoms.